The van der Waals surface area contributed by atoms with Crippen LogP contribution in [-0.4, -0.2) is 50.3 Å². The first-order valence-corrected chi connectivity index (χ1v) is 10.8. The summed E-state index contributed by atoms with van der Waals surface area (Å²) in [6.07, 6.45) is 1.65. The minimum absolute atomic E-state index is 0.118. The fourth-order valence-corrected chi connectivity index (χ4v) is 3.58. The molecule has 1 N–H and O–H groups in total. The zero-order valence-electron chi connectivity index (χ0n) is 18.0. The van der Waals surface area contributed by atoms with E-state index in [4.69, 9.17) is 9.47 Å². The smallest absolute Gasteiger partial charge is 0.414 e. The van der Waals surface area contributed by atoms with Crippen molar-refractivity contribution in [3.63, 3.8) is 0 Å². The molecule has 2 aromatic carbocycles. The van der Waals surface area contributed by atoms with Gasteiger partial charge < -0.3 is 19.3 Å². The van der Waals surface area contributed by atoms with Crippen LogP contribution in [0.3, 0.4) is 0 Å². The Labute approximate surface area is 190 Å². The molecule has 4 rings (SSSR count). The maximum atomic E-state index is 14.9. The number of hydrogen-bond acceptors (Lipinski definition) is 6. The standard InChI is InChI=1S/C24H25F2N3O4/c25-10-1-11-27-12-8-17-2-4-18(5-3-17)21-7-6-19(14-22(21)26)29-15-20(33-24(29)30)16-31-23-9-13-32-28-23/h2-7,9,13-14,20,27H,1,8,10-12,15-16H2/t20-/m1/s1. The normalized spacial score (nSPS) is 15.6. The van der Waals surface area contributed by atoms with Crippen LogP contribution in [-0.2, 0) is 11.2 Å². The first kappa shape index (κ1) is 22.7. The van der Waals surface area contributed by atoms with Crippen LogP contribution < -0.4 is 15.0 Å². The molecular weight excluding hydrogens is 432 g/mol. The van der Waals surface area contributed by atoms with Gasteiger partial charge >= 0.3 is 6.09 Å². The summed E-state index contributed by atoms with van der Waals surface area (Å²) in [6, 6.07) is 13.9. The van der Waals surface area contributed by atoms with Crippen LogP contribution in [0.15, 0.2) is 59.3 Å². The number of rotatable bonds is 11. The van der Waals surface area contributed by atoms with Crippen LogP contribution in [0.4, 0.5) is 19.3 Å². The number of carbonyl (C=O) groups excluding carboxylic acids is 1. The van der Waals surface area contributed by atoms with E-state index in [1.807, 2.05) is 24.3 Å². The Morgan fingerprint density at radius 2 is 2.00 bits per heavy atom. The van der Waals surface area contributed by atoms with Crippen molar-refractivity contribution >= 4 is 11.8 Å². The number of ether oxygens (including phenoxy) is 2. The quantitative estimate of drug-likeness (QED) is 0.431. The lowest BCUT2D eigenvalue weighted by atomic mass is 10.0. The van der Waals surface area contributed by atoms with Crippen LogP contribution in [0, 0.1) is 5.82 Å². The Morgan fingerprint density at radius 3 is 2.73 bits per heavy atom. The predicted octanol–water partition coefficient (Wildman–Crippen LogP) is 4.38. The van der Waals surface area contributed by atoms with Crippen molar-refractivity contribution in [2.75, 3.05) is 37.8 Å². The number of aromatic nitrogens is 1. The molecule has 1 aromatic heterocycles. The number of benzene rings is 2. The number of hydrogen-bond donors (Lipinski definition) is 1. The van der Waals surface area contributed by atoms with Crippen molar-refractivity contribution in [1.29, 1.82) is 0 Å². The molecule has 174 valence electrons. The van der Waals surface area contributed by atoms with E-state index in [0.29, 0.717) is 30.1 Å². The first-order chi connectivity index (χ1) is 16.1. The topological polar surface area (TPSA) is 76.8 Å². The third kappa shape index (κ3) is 5.87. The number of nitrogens with zero attached hydrogens (tertiary/aromatic N) is 2. The molecule has 33 heavy (non-hydrogen) atoms. The molecule has 1 saturated heterocycles. The number of cyclic esters (lactones) is 1. The van der Waals surface area contributed by atoms with Gasteiger partial charge in [-0.2, -0.15) is 0 Å². The number of carbonyl (C=O) groups is 1. The number of amides is 1. The molecule has 1 atom stereocenters. The first-order valence-electron chi connectivity index (χ1n) is 10.8. The fraction of sp³-hybridized carbons (Fsp3) is 0.333. The van der Waals surface area contributed by atoms with Gasteiger partial charge in [0, 0.05) is 11.6 Å². The zero-order chi connectivity index (χ0) is 23.0. The Kier molecular flexibility index (Phi) is 7.51. The number of nitrogens with one attached hydrogen (secondary N) is 1. The largest absolute Gasteiger partial charge is 0.471 e. The molecule has 0 radical (unpaired) electrons. The minimum Gasteiger partial charge on any atom is -0.471 e. The molecule has 3 aromatic rings. The lowest BCUT2D eigenvalue weighted by molar-refractivity contribution is 0.102. The van der Waals surface area contributed by atoms with Gasteiger partial charge in [0.1, 0.15) is 18.7 Å². The van der Waals surface area contributed by atoms with Crippen molar-refractivity contribution < 1.29 is 27.6 Å². The summed E-state index contributed by atoms with van der Waals surface area (Å²) in [6.45, 7) is 1.46. The van der Waals surface area contributed by atoms with Crippen molar-refractivity contribution in [2.24, 2.45) is 0 Å². The fourth-order valence-electron chi connectivity index (χ4n) is 3.58. The second kappa shape index (κ2) is 10.9. The molecule has 1 aliphatic heterocycles. The summed E-state index contributed by atoms with van der Waals surface area (Å²) >= 11 is 0. The van der Waals surface area contributed by atoms with E-state index in [1.54, 1.807) is 18.2 Å². The summed E-state index contributed by atoms with van der Waals surface area (Å²) in [7, 11) is 0. The Balaban J connectivity index is 1.35. The van der Waals surface area contributed by atoms with E-state index in [1.165, 1.54) is 17.2 Å². The Bertz CT molecular complexity index is 1040. The highest BCUT2D eigenvalue weighted by Crippen LogP contribution is 2.29. The molecule has 0 saturated carbocycles. The van der Waals surface area contributed by atoms with Crippen LogP contribution in [0.5, 0.6) is 5.88 Å². The molecule has 0 unspecified atom stereocenters. The third-order valence-corrected chi connectivity index (χ3v) is 5.31. The van der Waals surface area contributed by atoms with Crippen LogP contribution in [0.25, 0.3) is 11.1 Å². The summed E-state index contributed by atoms with van der Waals surface area (Å²) in [5.74, 6) is -0.123. The van der Waals surface area contributed by atoms with Crippen LogP contribution in [0.2, 0.25) is 0 Å². The lowest BCUT2D eigenvalue weighted by Gasteiger charge is -2.14. The summed E-state index contributed by atoms with van der Waals surface area (Å²) < 4.78 is 42.4. The molecule has 1 aliphatic rings. The second-order valence-corrected chi connectivity index (χ2v) is 7.67. The molecule has 2 heterocycles. The molecule has 7 nitrogen and oxygen atoms in total. The molecule has 1 amide bonds. The maximum absolute atomic E-state index is 14.9. The van der Waals surface area contributed by atoms with Gasteiger partial charge in [0.05, 0.1) is 18.9 Å². The molecular formula is C24H25F2N3O4. The second-order valence-electron chi connectivity index (χ2n) is 7.67. The van der Waals surface area contributed by atoms with Crippen molar-refractivity contribution in [3.05, 3.63) is 66.2 Å². The average Bonchev–Trinajstić information content (AvgIpc) is 3.47. The number of alkyl halides is 1. The van der Waals surface area contributed by atoms with Gasteiger partial charge in [0.2, 0.25) is 0 Å². The molecule has 0 aliphatic carbocycles. The highest BCUT2D eigenvalue weighted by Gasteiger charge is 2.33. The summed E-state index contributed by atoms with van der Waals surface area (Å²) in [5, 5.41) is 6.82. The zero-order valence-corrected chi connectivity index (χ0v) is 18.0. The average molecular weight is 457 g/mol. The Morgan fingerprint density at radius 1 is 1.15 bits per heavy atom. The van der Waals surface area contributed by atoms with E-state index in [2.05, 4.69) is 15.0 Å². The van der Waals surface area contributed by atoms with Crippen LogP contribution >= 0.6 is 0 Å². The minimum atomic E-state index is -0.555. The van der Waals surface area contributed by atoms with Crippen molar-refractivity contribution in [3.8, 4) is 17.0 Å². The van der Waals surface area contributed by atoms with Gasteiger partial charge in [-0.25, -0.2) is 9.18 Å². The molecule has 0 bridgehead atoms. The Hall–Kier alpha value is -3.46. The third-order valence-electron chi connectivity index (χ3n) is 5.31. The van der Waals surface area contributed by atoms with E-state index in [0.717, 1.165) is 24.1 Å². The number of anilines is 1. The number of halogens is 2. The van der Waals surface area contributed by atoms with Crippen LogP contribution in [0.1, 0.15) is 12.0 Å². The van der Waals surface area contributed by atoms with Crippen molar-refractivity contribution in [2.45, 2.75) is 18.9 Å². The van der Waals surface area contributed by atoms with Gasteiger partial charge in [-0.15, -0.1) is 0 Å². The van der Waals surface area contributed by atoms with E-state index in [-0.39, 0.29) is 19.8 Å². The monoisotopic (exact) mass is 457 g/mol. The summed E-state index contributed by atoms with van der Waals surface area (Å²) in [5.41, 5.74) is 2.73. The maximum Gasteiger partial charge on any atom is 0.414 e. The SMILES string of the molecule is O=C1O[C@@H](COc2ccon2)CN1c1ccc(-c2ccc(CCNCCCF)cc2)c(F)c1. The van der Waals surface area contributed by atoms with E-state index < -0.39 is 18.0 Å². The molecule has 9 heteroatoms. The molecule has 0 spiro atoms. The van der Waals surface area contributed by atoms with Gasteiger partial charge in [-0.05, 0) is 60.4 Å². The highest BCUT2D eigenvalue weighted by molar-refractivity contribution is 5.90. The van der Waals surface area contributed by atoms with E-state index in [9.17, 15) is 13.6 Å². The molecule has 1 fully saturated rings. The van der Waals surface area contributed by atoms with E-state index >= 15 is 0 Å². The van der Waals surface area contributed by atoms with Crippen molar-refractivity contribution in [1.82, 2.24) is 10.5 Å². The predicted molar refractivity (Wildman–Crippen MR) is 119 cm³/mol. The lowest BCUT2D eigenvalue weighted by Crippen LogP contribution is -2.26. The van der Waals surface area contributed by atoms with Gasteiger partial charge in [-0.3, -0.25) is 9.29 Å². The highest BCUT2D eigenvalue weighted by atomic mass is 19.1. The van der Waals surface area contributed by atoms with Gasteiger partial charge in [-0.1, -0.05) is 24.3 Å². The van der Waals surface area contributed by atoms with Gasteiger partial charge in [0.15, 0.2) is 6.10 Å². The summed E-state index contributed by atoms with van der Waals surface area (Å²) in [4.78, 5) is 13.6. The van der Waals surface area contributed by atoms with Gasteiger partial charge in [0.25, 0.3) is 5.88 Å².